The molecule has 21 heavy (non-hydrogen) atoms. The molecule has 3 rings (SSSR count). The first-order valence-electron chi connectivity index (χ1n) is 6.88. The van der Waals surface area contributed by atoms with Gasteiger partial charge in [-0.15, -0.1) is 0 Å². The molecule has 0 spiro atoms. The number of amides is 1. The Bertz CT molecular complexity index is 590. The number of hydrogen-bond acceptors (Lipinski definition) is 4. The Morgan fingerprint density at radius 2 is 2.05 bits per heavy atom. The van der Waals surface area contributed by atoms with Gasteiger partial charge in [0.1, 0.15) is 11.5 Å². The van der Waals surface area contributed by atoms with Crippen LogP contribution in [0.1, 0.15) is 16.2 Å². The number of rotatable bonds is 3. The zero-order chi connectivity index (χ0) is 14.7. The largest absolute Gasteiger partial charge is 0.468 e. The van der Waals surface area contributed by atoms with E-state index in [9.17, 15) is 4.79 Å². The van der Waals surface area contributed by atoms with Crippen molar-refractivity contribution >= 4 is 21.8 Å². The molecule has 1 fully saturated rings. The molecule has 0 aromatic carbocycles. The highest BCUT2D eigenvalue weighted by Crippen LogP contribution is 2.12. The first kappa shape index (κ1) is 14.3. The molecule has 0 unspecified atom stereocenters. The van der Waals surface area contributed by atoms with Crippen molar-refractivity contribution in [3.05, 3.63) is 52.7 Å². The molecule has 110 valence electrons. The van der Waals surface area contributed by atoms with Gasteiger partial charge in [0.15, 0.2) is 0 Å². The van der Waals surface area contributed by atoms with Crippen LogP contribution in [0.25, 0.3) is 0 Å². The van der Waals surface area contributed by atoms with Gasteiger partial charge in [-0.2, -0.15) is 0 Å². The third-order valence-electron chi connectivity index (χ3n) is 3.57. The molecule has 1 aliphatic heterocycles. The fourth-order valence-electron chi connectivity index (χ4n) is 2.40. The van der Waals surface area contributed by atoms with Crippen molar-refractivity contribution in [2.24, 2.45) is 0 Å². The highest BCUT2D eigenvalue weighted by atomic mass is 79.9. The number of pyridine rings is 1. The minimum Gasteiger partial charge on any atom is -0.468 e. The Kier molecular flexibility index (Phi) is 4.36. The first-order valence-corrected chi connectivity index (χ1v) is 7.67. The maximum absolute atomic E-state index is 12.3. The van der Waals surface area contributed by atoms with Gasteiger partial charge in [0.25, 0.3) is 5.91 Å². The standard InChI is InChI=1S/C15H16BrN3O2/c16-12-3-4-14(17-10-12)15(20)19-7-5-18(6-8-19)11-13-2-1-9-21-13/h1-4,9-10H,5-8,11H2. The third kappa shape index (κ3) is 3.51. The molecule has 1 saturated heterocycles. The van der Waals surface area contributed by atoms with Gasteiger partial charge in [-0.1, -0.05) is 0 Å². The van der Waals surface area contributed by atoms with Crippen LogP contribution in [0.15, 0.2) is 45.6 Å². The summed E-state index contributed by atoms with van der Waals surface area (Å²) < 4.78 is 6.23. The lowest BCUT2D eigenvalue weighted by Crippen LogP contribution is -2.48. The minimum absolute atomic E-state index is 0.000138. The second kappa shape index (κ2) is 6.41. The van der Waals surface area contributed by atoms with Crippen molar-refractivity contribution in [3.63, 3.8) is 0 Å². The molecule has 0 N–H and O–H groups in total. The van der Waals surface area contributed by atoms with Crippen LogP contribution in [-0.2, 0) is 6.54 Å². The zero-order valence-corrected chi connectivity index (χ0v) is 13.1. The van der Waals surface area contributed by atoms with Crippen molar-refractivity contribution in [3.8, 4) is 0 Å². The smallest absolute Gasteiger partial charge is 0.272 e. The molecule has 1 aliphatic rings. The number of furan rings is 1. The van der Waals surface area contributed by atoms with Crippen molar-refractivity contribution in [1.29, 1.82) is 0 Å². The lowest BCUT2D eigenvalue weighted by Gasteiger charge is -2.34. The Balaban J connectivity index is 1.55. The Morgan fingerprint density at radius 1 is 1.24 bits per heavy atom. The van der Waals surface area contributed by atoms with Crippen LogP contribution < -0.4 is 0 Å². The summed E-state index contributed by atoms with van der Waals surface area (Å²) in [7, 11) is 0. The van der Waals surface area contributed by atoms with E-state index in [-0.39, 0.29) is 5.91 Å². The van der Waals surface area contributed by atoms with Gasteiger partial charge in [-0.25, -0.2) is 4.98 Å². The highest BCUT2D eigenvalue weighted by molar-refractivity contribution is 9.10. The van der Waals surface area contributed by atoms with Gasteiger partial charge in [0.05, 0.1) is 12.8 Å². The van der Waals surface area contributed by atoms with Crippen molar-refractivity contribution < 1.29 is 9.21 Å². The summed E-state index contributed by atoms with van der Waals surface area (Å²) in [4.78, 5) is 20.7. The van der Waals surface area contributed by atoms with Crippen LogP contribution in [0.3, 0.4) is 0 Å². The van der Waals surface area contributed by atoms with Crippen molar-refractivity contribution in [2.75, 3.05) is 26.2 Å². The Hall–Kier alpha value is -1.66. The molecule has 2 aromatic heterocycles. The van der Waals surface area contributed by atoms with Crippen LogP contribution in [0.4, 0.5) is 0 Å². The number of hydrogen-bond donors (Lipinski definition) is 0. The maximum atomic E-state index is 12.3. The van der Waals surface area contributed by atoms with E-state index in [0.29, 0.717) is 5.69 Å². The molecular weight excluding hydrogens is 334 g/mol. The van der Waals surface area contributed by atoms with E-state index in [2.05, 4.69) is 25.8 Å². The summed E-state index contributed by atoms with van der Waals surface area (Å²) in [6.07, 6.45) is 3.34. The molecular formula is C15H16BrN3O2. The van der Waals surface area contributed by atoms with E-state index in [1.54, 1.807) is 18.5 Å². The van der Waals surface area contributed by atoms with Crippen LogP contribution >= 0.6 is 15.9 Å². The topological polar surface area (TPSA) is 49.6 Å². The lowest BCUT2D eigenvalue weighted by molar-refractivity contribution is 0.0614. The molecule has 2 aromatic rings. The van der Waals surface area contributed by atoms with Gasteiger partial charge in [0.2, 0.25) is 0 Å². The molecule has 1 amide bonds. The van der Waals surface area contributed by atoms with Crippen molar-refractivity contribution in [2.45, 2.75) is 6.54 Å². The number of carbonyl (C=O) groups is 1. The summed E-state index contributed by atoms with van der Waals surface area (Å²) >= 11 is 3.32. The molecule has 0 atom stereocenters. The normalized spacial score (nSPS) is 16.1. The van der Waals surface area contributed by atoms with Crippen LogP contribution in [-0.4, -0.2) is 46.9 Å². The monoisotopic (exact) mass is 349 g/mol. The fraction of sp³-hybridized carbons (Fsp3) is 0.333. The summed E-state index contributed by atoms with van der Waals surface area (Å²) in [5.74, 6) is 0.963. The SMILES string of the molecule is O=C(c1ccc(Br)cn1)N1CCN(Cc2ccco2)CC1. The van der Waals surface area contributed by atoms with Gasteiger partial charge in [-0.05, 0) is 40.2 Å². The number of carbonyl (C=O) groups excluding carboxylic acids is 1. The summed E-state index contributed by atoms with van der Waals surface area (Å²) in [5.41, 5.74) is 0.498. The molecule has 0 bridgehead atoms. The summed E-state index contributed by atoms with van der Waals surface area (Å²) in [6, 6.07) is 7.46. The van der Waals surface area contributed by atoms with E-state index in [1.165, 1.54) is 0 Å². The molecule has 0 aliphatic carbocycles. The Labute approximate surface area is 131 Å². The minimum atomic E-state index is 0.000138. The summed E-state index contributed by atoms with van der Waals surface area (Å²) in [5, 5.41) is 0. The average molecular weight is 350 g/mol. The number of nitrogens with zero attached hydrogens (tertiary/aromatic N) is 3. The van der Waals surface area contributed by atoms with E-state index >= 15 is 0 Å². The Morgan fingerprint density at radius 3 is 2.67 bits per heavy atom. The lowest BCUT2D eigenvalue weighted by atomic mass is 10.2. The molecule has 3 heterocycles. The van der Waals surface area contributed by atoms with Gasteiger partial charge < -0.3 is 9.32 Å². The number of halogens is 1. The van der Waals surface area contributed by atoms with Crippen LogP contribution in [0.2, 0.25) is 0 Å². The predicted molar refractivity (Wildman–Crippen MR) is 81.8 cm³/mol. The third-order valence-corrected chi connectivity index (χ3v) is 4.03. The molecule has 6 heteroatoms. The predicted octanol–water partition coefficient (Wildman–Crippen LogP) is 2.40. The average Bonchev–Trinajstić information content (AvgIpc) is 3.01. The zero-order valence-electron chi connectivity index (χ0n) is 11.5. The molecule has 5 nitrogen and oxygen atoms in total. The second-order valence-electron chi connectivity index (χ2n) is 5.01. The highest BCUT2D eigenvalue weighted by Gasteiger charge is 2.23. The van der Waals surface area contributed by atoms with Crippen LogP contribution in [0.5, 0.6) is 0 Å². The number of piperazine rings is 1. The van der Waals surface area contributed by atoms with Gasteiger partial charge in [-0.3, -0.25) is 9.69 Å². The van der Waals surface area contributed by atoms with E-state index in [1.807, 2.05) is 23.1 Å². The number of aromatic nitrogens is 1. The second-order valence-corrected chi connectivity index (χ2v) is 5.93. The quantitative estimate of drug-likeness (QED) is 0.853. The van der Waals surface area contributed by atoms with Crippen molar-refractivity contribution in [1.82, 2.24) is 14.8 Å². The molecule has 0 saturated carbocycles. The van der Waals surface area contributed by atoms with E-state index in [0.717, 1.165) is 43.0 Å². The summed E-state index contributed by atoms with van der Waals surface area (Å²) in [6.45, 7) is 3.94. The maximum Gasteiger partial charge on any atom is 0.272 e. The van der Waals surface area contributed by atoms with Gasteiger partial charge >= 0.3 is 0 Å². The molecule has 0 radical (unpaired) electrons. The van der Waals surface area contributed by atoms with Gasteiger partial charge in [0, 0.05) is 36.8 Å². The van der Waals surface area contributed by atoms with Crippen LogP contribution in [0, 0.1) is 0 Å². The van der Waals surface area contributed by atoms with E-state index in [4.69, 9.17) is 4.42 Å². The fourth-order valence-corrected chi connectivity index (χ4v) is 2.63. The van der Waals surface area contributed by atoms with E-state index < -0.39 is 0 Å². The first-order chi connectivity index (χ1) is 10.2.